The Morgan fingerprint density at radius 2 is 2.11 bits per heavy atom. The second-order valence-corrected chi connectivity index (χ2v) is 3.40. The van der Waals surface area contributed by atoms with Gasteiger partial charge in [0.15, 0.2) is 5.82 Å². The Labute approximate surface area is 101 Å². The molecule has 0 aliphatic carbocycles. The molecule has 3 heterocycles. The van der Waals surface area contributed by atoms with Crippen LogP contribution in [0.25, 0.3) is 17.5 Å². The van der Waals surface area contributed by atoms with Gasteiger partial charge in [-0.25, -0.2) is 9.67 Å². The van der Waals surface area contributed by atoms with Crippen molar-refractivity contribution in [2.45, 2.75) is 0 Å². The first-order valence-electron chi connectivity index (χ1n) is 4.95. The van der Waals surface area contributed by atoms with Crippen molar-refractivity contribution in [2.75, 3.05) is 5.73 Å². The molecule has 18 heavy (non-hydrogen) atoms. The van der Waals surface area contributed by atoms with Gasteiger partial charge in [-0.05, 0) is 0 Å². The van der Waals surface area contributed by atoms with Crippen LogP contribution < -0.4 is 5.73 Å². The summed E-state index contributed by atoms with van der Waals surface area (Å²) in [4.78, 5) is 16.1. The number of nitrogens with two attached hydrogens (primary N) is 1. The van der Waals surface area contributed by atoms with Crippen molar-refractivity contribution in [3.8, 4) is 17.5 Å². The van der Waals surface area contributed by atoms with Gasteiger partial charge < -0.3 is 5.73 Å². The Morgan fingerprint density at radius 1 is 1.22 bits per heavy atom. The van der Waals surface area contributed by atoms with Crippen LogP contribution in [0.4, 0.5) is 5.95 Å². The van der Waals surface area contributed by atoms with E-state index in [-0.39, 0.29) is 11.9 Å². The Hall–Kier alpha value is -2.91. The molecule has 0 aromatic carbocycles. The van der Waals surface area contributed by atoms with Crippen LogP contribution in [0.3, 0.4) is 0 Å². The van der Waals surface area contributed by atoms with Crippen molar-refractivity contribution in [1.82, 2.24) is 44.7 Å². The highest BCUT2D eigenvalue weighted by Gasteiger charge is 2.12. The molecule has 0 saturated heterocycles. The van der Waals surface area contributed by atoms with Gasteiger partial charge >= 0.3 is 0 Å². The second-order valence-electron chi connectivity index (χ2n) is 3.40. The van der Waals surface area contributed by atoms with Crippen LogP contribution in [-0.2, 0) is 7.05 Å². The molecule has 0 fully saturated rings. The number of hydrogen-bond acceptors (Lipinski definition) is 8. The SMILES string of the molecule is Cn1nncc1-c1nc(N)nc(-n2cncn2)n1. The lowest BCUT2D eigenvalue weighted by atomic mass is 10.4. The van der Waals surface area contributed by atoms with E-state index >= 15 is 0 Å². The van der Waals surface area contributed by atoms with Crippen molar-refractivity contribution >= 4 is 5.95 Å². The van der Waals surface area contributed by atoms with Gasteiger partial charge in [-0.3, -0.25) is 0 Å². The third-order valence-electron chi connectivity index (χ3n) is 2.21. The quantitative estimate of drug-likeness (QED) is 0.597. The first-order chi connectivity index (χ1) is 8.74. The third-order valence-corrected chi connectivity index (χ3v) is 2.21. The van der Waals surface area contributed by atoms with Crippen LogP contribution in [0.5, 0.6) is 0 Å². The summed E-state index contributed by atoms with van der Waals surface area (Å²) in [6.07, 6.45) is 4.39. The van der Waals surface area contributed by atoms with E-state index in [1.807, 2.05) is 0 Å². The minimum atomic E-state index is 0.0895. The molecule has 0 bridgehead atoms. The summed E-state index contributed by atoms with van der Waals surface area (Å²) in [5, 5.41) is 11.5. The molecule has 0 saturated carbocycles. The summed E-state index contributed by atoms with van der Waals surface area (Å²) in [7, 11) is 1.73. The summed E-state index contributed by atoms with van der Waals surface area (Å²) < 4.78 is 2.94. The number of nitrogen functional groups attached to an aromatic ring is 1. The van der Waals surface area contributed by atoms with Gasteiger partial charge in [0.2, 0.25) is 5.95 Å². The molecule has 3 aromatic heterocycles. The molecular formula is C8H8N10. The molecule has 0 unspecified atom stereocenters. The fourth-order valence-electron chi connectivity index (χ4n) is 1.40. The number of aryl methyl sites for hydroxylation is 1. The van der Waals surface area contributed by atoms with Crippen LogP contribution in [0, 0.1) is 0 Å². The lowest BCUT2D eigenvalue weighted by Gasteiger charge is -2.03. The molecule has 0 atom stereocenters. The number of aromatic nitrogens is 9. The van der Waals surface area contributed by atoms with Crippen molar-refractivity contribution in [3.05, 3.63) is 18.9 Å². The van der Waals surface area contributed by atoms with Crippen molar-refractivity contribution in [2.24, 2.45) is 7.05 Å². The molecule has 2 N–H and O–H groups in total. The predicted molar refractivity (Wildman–Crippen MR) is 59.2 cm³/mol. The van der Waals surface area contributed by atoms with Crippen LogP contribution in [0.15, 0.2) is 18.9 Å². The van der Waals surface area contributed by atoms with Crippen LogP contribution >= 0.6 is 0 Å². The highest BCUT2D eigenvalue weighted by molar-refractivity contribution is 5.49. The Bertz CT molecular complexity index is 669. The van der Waals surface area contributed by atoms with Crippen molar-refractivity contribution < 1.29 is 0 Å². The number of nitrogens with zero attached hydrogens (tertiary/aromatic N) is 9. The van der Waals surface area contributed by atoms with Crippen LogP contribution in [0.2, 0.25) is 0 Å². The minimum Gasteiger partial charge on any atom is -0.368 e. The highest BCUT2D eigenvalue weighted by Crippen LogP contribution is 2.13. The topological polar surface area (TPSA) is 126 Å². The van der Waals surface area contributed by atoms with E-state index in [9.17, 15) is 0 Å². The minimum absolute atomic E-state index is 0.0895. The van der Waals surface area contributed by atoms with Crippen molar-refractivity contribution in [3.63, 3.8) is 0 Å². The summed E-state index contributed by atoms with van der Waals surface area (Å²) in [6, 6.07) is 0. The van der Waals surface area contributed by atoms with Gasteiger partial charge in [0, 0.05) is 7.05 Å². The maximum absolute atomic E-state index is 5.65. The fourth-order valence-corrected chi connectivity index (χ4v) is 1.40. The van der Waals surface area contributed by atoms with Gasteiger partial charge in [0.05, 0.1) is 6.20 Å². The maximum Gasteiger partial charge on any atom is 0.257 e. The second kappa shape index (κ2) is 3.84. The van der Waals surface area contributed by atoms with Gasteiger partial charge in [-0.15, -0.1) is 5.10 Å². The molecule has 0 amide bonds. The van der Waals surface area contributed by atoms with E-state index in [1.54, 1.807) is 17.9 Å². The average Bonchev–Trinajstić information content (AvgIpc) is 2.98. The van der Waals surface area contributed by atoms with Gasteiger partial charge in [-0.1, -0.05) is 5.21 Å². The van der Waals surface area contributed by atoms with E-state index in [1.165, 1.54) is 17.3 Å². The average molecular weight is 244 g/mol. The monoisotopic (exact) mass is 244 g/mol. The lowest BCUT2D eigenvalue weighted by molar-refractivity contribution is 0.714. The van der Waals surface area contributed by atoms with Gasteiger partial charge in [0.1, 0.15) is 18.3 Å². The molecule has 0 radical (unpaired) electrons. The number of hydrogen-bond donors (Lipinski definition) is 1. The molecule has 3 rings (SSSR count). The van der Waals surface area contributed by atoms with Crippen LogP contribution in [-0.4, -0.2) is 44.7 Å². The molecule has 10 heteroatoms. The zero-order valence-corrected chi connectivity index (χ0v) is 9.33. The van der Waals surface area contributed by atoms with E-state index in [0.717, 1.165) is 0 Å². The Morgan fingerprint density at radius 3 is 2.78 bits per heavy atom. The van der Waals surface area contributed by atoms with Crippen molar-refractivity contribution in [1.29, 1.82) is 0 Å². The zero-order valence-electron chi connectivity index (χ0n) is 9.33. The standard InChI is InChI=1S/C8H8N10/c1-17-5(2-11-16-17)6-13-7(9)15-8(14-6)18-4-10-3-12-18/h2-4H,1H3,(H2,9,13,14,15). The van der Waals surface area contributed by atoms with Crippen LogP contribution in [0.1, 0.15) is 0 Å². The van der Waals surface area contributed by atoms with E-state index < -0.39 is 0 Å². The fraction of sp³-hybridized carbons (Fsp3) is 0.125. The number of anilines is 1. The maximum atomic E-state index is 5.65. The third kappa shape index (κ3) is 1.65. The van der Waals surface area contributed by atoms with E-state index in [0.29, 0.717) is 11.5 Å². The van der Waals surface area contributed by atoms with Gasteiger partial charge in [0.25, 0.3) is 5.95 Å². The molecular weight excluding hydrogens is 236 g/mol. The summed E-state index contributed by atoms with van der Waals surface area (Å²) in [5.74, 6) is 0.753. The Kier molecular flexibility index (Phi) is 2.19. The predicted octanol–water partition coefficient (Wildman–Crippen LogP) is -1.17. The zero-order chi connectivity index (χ0) is 12.5. The highest BCUT2D eigenvalue weighted by atomic mass is 15.4. The molecule has 10 nitrogen and oxygen atoms in total. The normalized spacial score (nSPS) is 10.7. The summed E-state index contributed by atoms with van der Waals surface area (Å²) >= 11 is 0. The largest absolute Gasteiger partial charge is 0.368 e. The smallest absolute Gasteiger partial charge is 0.257 e. The lowest BCUT2D eigenvalue weighted by Crippen LogP contribution is -2.09. The van der Waals surface area contributed by atoms with E-state index in [4.69, 9.17) is 5.73 Å². The summed E-state index contributed by atoms with van der Waals surface area (Å²) in [5.41, 5.74) is 6.28. The van der Waals surface area contributed by atoms with Gasteiger partial charge in [-0.2, -0.15) is 24.7 Å². The van der Waals surface area contributed by atoms with E-state index in [2.05, 4.69) is 35.3 Å². The number of rotatable bonds is 2. The first-order valence-corrected chi connectivity index (χ1v) is 4.95. The molecule has 0 aliphatic heterocycles. The Balaban J connectivity index is 2.15. The molecule has 90 valence electrons. The summed E-state index contributed by atoms with van der Waals surface area (Å²) in [6.45, 7) is 0. The first kappa shape index (κ1) is 10.3. The molecule has 0 spiro atoms. The molecule has 3 aromatic rings. The molecule has 0 aliphatic rings.